The molecule has 0 aliphatic rings. The van der Waals surface area contributed by atoms with E-state index in [-0.39, 0.29) is 12.5 Å². The topological polar surface area (TPSA) is 102 Å². The first-order valence-electron chi connectivity index (χ1n) is 7.95. The van der Waals surface area contributed by atoms with Crippen molar-refractivity contribution in [3.8, 4) is 11.5 Å². The van der Waals surface area contributed by atoms with E-state index in [0.717, 1.165) is 11.1 Å². The monoisotopic (exact) mass is 356 g/mol. The highest BCUT2D eigenvalue weighted by molar-refractivity contribution is 5.81. The first-order chi connectivity index (χ1) is 12.5. The van der Waals surface area contributed by atoms with E-state index in [1.165, 1.54) is 6.21 Å². The van der Waals surface area contributed by atoms with Gasteiger partial charge in [0.05, 0.1) is 11.5 Å². The lowest BCUT2D eigenvalue weighted by Crippen LogP contribution is -2.82. The maximum absolute atomic E-state index is 11.9. The zero-order valence-corrected chi connectivity index (χ0v) is 14.6. The lowest BCUT2D eigenvalue weighted by atomic mass is 10.1. The van der Waals surface area contributed by atoms with E-state index in [0.29, 0.717) is 17.1 Å². The van der Waals surface area contributed by atoms with Crippen LogP contribution in [0.5, 0.6) is 11.5 Å². The highest BCUT2D eigenvalue weighted by Gasteiger charge is 2.09. The molecule has 0 saturated heterocycles. The fraction of sp³-hybridized carbons (Fsp3) is 0.211. The van der Waals surface area contributed by atoms with Crippen LogP contribution in [0, 0.1) is 13.8 Å². The zero-order chi connectivity index (χ0) is 18.9. The number of carbonyl (C=O) groups excluding carboxylic acids is 2. The van der Waals surface area contributed by atoms with Gasteiger partial charge in [0.1, 0.15) is 18.1 Å². The molecular weight excluding hydrogens is 336 g/mol. The van der Waals surface area contributed by atoms with Crippen molar-refractivity contribution in [1.82, 2.24) is 5.43 Å². The van der Waals surface area contributed by atoms with Crippen molar-refractivity contribution in [3.05, 3.63) is 59.2 Å². The fourth-order valence-electron chi connectivity index (χ4n) is 2.26. The number of rotatable bonds is 8. The van der Waals surface area contributed by atoms with Crippen molar-refractivity contribution in [3.63, 3.8) is 0 Å². The summed E-state index contributed by atoms with van der Waals surface area (Å²) in [6, 6.07) is 12.5. The predicted octanol–water partition coefficient (Wildman–Crippen LogP) is -0.958. The molecular formula is C19H20N2O5. The first kappa shape index (κ1) is 19.0. The Bertz CT molecular complexity index is 797. The van der Waals surface area contributed by atoms with Gasteiger partial charge in [0.15, 0.2) is 6.61 Å². The van der Waals surface area contributed by atoms with Gasteiger partial charge in [0.2, 0.25) is 6.21 Å². The summed E-state index contributed by atoms with van der Waals surface area (Å²) in [5, 5.41) is 13.1. The second-order valence-electron chi connectivity index (χ2n) is 5.54. The third-order valence-corrected chi connectivity index (χ3v) is 3.46. The Balaban J connectivity index is 1.90. The molecule has 136 valence electrons. The van der Waals surface area contributed by atoms with Crippen LogP contribution < -0.4 is 25.1 Å². The lowest BCUT2D eigenvalue weighted by Gasteiger charge is -2.10. The summed E-state index contributed by atoms with van der Waals surface area (Å²) in [4.78, 5) is 22.4. The number of hydrazone groups is 1. The molecule has 0 radical (unpaired) electrons. The van der Waals surface area contributed by atoms with E-state index < -0.39 is 12.6 Å². The smallest absolute Gasteiger partial charge is 0.311 e. The number of hydrogen-bond acceptors (Lipinski definition) is 5. The Labute approximate surface area is 151 Å². The molecule has 7 nitrogen and oxygen atoms in total. The standard InChI is InChI=1S/C19H20N2O5/c1-13-6-5-7-14(2)19(13)26-11-17(22)21-20-10-15-8-3-4-9-16(15)25-12-18(23)24/h3-10H,11-12H2,1-2H3,(H,21,22)(H,23,24). The van der Waals surface area contributed by atoms with Crippen molar-refractivity contribution in [2.24, 2.45) is 0 Å². The number of benzene rings is 2. The number of nitrogens with one attached hydrogen (secondary N) is 2. The number of carboxylic acids is 1. The molecule has 2 aromatic carbocycles. The van der Waals surface area contributed by atoms with Gasteiger partial charge in [0, 0.05) is 0 Å². The minimum atomic E-state index is -1.32. The second-order valence-corrected chi connectivity index (χ2v) is 5.54. The number of aryl methyl sites for hydroxylation is 2. The number of carboxylic acid groups (broad SMARTS) is 1. The van der Waals surface area contributed by atoms with E-state index >= 15 is 0 Å². The Hall–Kier alpha value is -3.35. The molecule has 0 unspecified atom stereocenters. The van der Waals surface area contributed by atoms with Crippen molar-refractivity contribution in [1.29, 1.82) is 0 Å². The van der Waals surface area contributed by atoms with Crippen LogP contribution >= 0.6 is 0 Å². The predicted molar refractivity (Wildman–Crippen MR) is 92.6 cm³/mol. The molecule has 0 bridgehead atoms. The molecule has 0 aliphatic heterocycles. The van der Waals surface area contributed by atoms with Crippen LogP contribution in [0.3, 0.4) is 0 Å². The van der Waals surface area contributed by atoms with Gasteiger partial charge < -0.3 is 19.4 Å². The third kappa shape index (κ3) is 5.62. The van der Waals surface area contributed by atoms with Gasteiger partial charge >= 0.3 is 5.91 Å². The summed E-state index contributed by atoms with van der Waals surface area (Å²) >= 11 is 0. The van der Waals surface area contributed by atoms with Gasteiger partial charge in [0.25, 0.3) is 0 Å². The van der Waals surface area contributed by atoms with Crippen LogP contribution in [-0.4, -0.2) is 31.3 Å². The van der Waals surface area contributed by atoms with Crippen LogP contribution in [-0.2, 0) is 9.59 Å². The Morgan fingerprint density at radius 3 is 2.42 bits per heavy atom. The highest BCUT2D eigenvalue weighted by atomic mass is 16.5. The van der Waals surface area contributed by atoms with Gasteiger partial charge in [-0.15, -0.1) is 10.5 Å². The van der Waals surface area contributed by atoms with Crippen LogP contribution in [0.25, 0.3) is 0 Å². The van der Waals surface area contributed by atoms with E-state index in [1.807, 2.05) is 32.0 Å². The molecule has 2 N–H and O–H groups in total. The average Bonchev–Trinajstić information content (AvgIpc) is 2.60. The Kier molecular flexibility index (Phi) is 6.73. The molecule has 0 fully saturated rings. The summed E-state index contributed by atoms with van der Waals surface area (Å²) < 4.78 is 10.7. The molecule has 0 aliphatic carbocycles. The third-order valence-electron chi connectivity index (χ3n) is 3.46. The first-order valence-corrected chi connectivity index (χ1v) is 7.95. The molecule has 0 aromatic heterocycles. The Morgan fingerprint density at radius 2 is 1.73 bits per heavy atom. The molecule has 0 heterocycles. The summed E-state index contributed by atoms with van der Waals surface area (Å²) in [5.74, 6) is -0.639. The number of hydrogen-bond donors (Lipinski definition) is 2. The van der Waals surface area contributed by atoms with Crippen LogP contribution in [0.2, 0.25) is 0 Å². The van der Waals surface area contributed by atoms with E-state index in [9.17, 15) is 14.7 Å². The van der Waals surface area contributed by atoms with Gasteiger partial charge in [-0.3, -0.25) is 4.79 Å². The highest BCUT2D eigenvalue weighted by Crippen LogP contribution is 2.21. The van der Waals surface area contributed by atoms with Crippen LogP contribution in [0.4, 0.5) is 0 Å². The second kappa shape index (κ2) is 9.22. The molecule has 1 amide bonds. The maximum Gasteiger partial charge on any atom is 0.311 e. The van der Waals surface area contributed by atoms with Crippen LogP contribution in [0.1, 0.15) is 16.7 Å². The normalized spacial score (nSPS) is 10.5. The number of amides is 1. The largest absolute Gasteiger partial charge is 0.546 e. The molecule has 0 saturated carbocycles. The van der Waals surface area contributed by atoms with Gasteiger partial charge in [-0.05, 0) is 37.1 Å². The van der Waals surface area contributed by atoms with Gasteiger partial charge in [-0.2, -0.15) is 0 Å². The quantitative estimate of drug-likeness (QED) is 0.469. The summed E-state index contributed by atoms with van der Waals surface area (Å²) in [6.45, 7) is 3.13. The summed E-state index contributed by atoms with van der Waals surface area (Å²) in [7, 11) is 0. The number of hydrazine groups is 1. The van der Waals surface area contributed by atoms with Crippen LogP contribution in [0.15, 0.2) is 42.5 Å². The number of aliphatic carboxylic acids is 1. The van der Waals surface area contributed by atoms with E-state index in [1.54, 1.807) is 24.3 Å². The molecule has 0 atom stereocenters. The molecule has 2 aromatic rings. The Morgan fingerprint density at radius 1 is 1.04 bits per heavy atom. The summed E-state index contributed by atoms with van der Waals surface area (Å²) in [5.41, 5.74) is 4.96. The maximum atomic E-state index is 11.9. The van der Waals surface area contributed by atoms with Crippen molar-refractivity contribution in [2.75, 3.05) is 13.2 Å². The fourth-order valence-corrected chi connectivity index (χ4v) is 2.26. The van der Waals surface area contributed by atoms with Gasteiger partial charge in [-0.25, -0.2) is 0 Å². The lowest BCUT2D eigenvalue weighted by molar-refractivity contribution is -0.506. The molecule has 7 heteroatoms. The number of carbonyl (C=O) groups is 2. The van der Waals surface area contributed by atoms with E-state index in [2.05, 4.69) is 10.5 Å². The SMILES string of the molecule is Cc1cccc(C)c1OCC(=O)N[NH+]=Cc1ccccc1OCC(=O)[O-]. The van der Waals surface area contributed by atoms with Crippen molar-refractivity contribution < 1.29 is 29.3 Å². The molecule has 0 spiro atoms. The number of ether oxygens (including phenoxy) is 2. The number of para-hydroxylation sites is 2. The molecule has 26 heavy (non-hydrogen) atoms. The average molecular weight is 356 g/mol. The summed E-state index contributed by atoms with van der Waals surface area (Å²) in [6.07, 6.45) is 1.49. The molecule has 2 rings (SSSR count). The van der Waals surface area contributed by atoms with Crippen molar-refractivity contribution in [2.45, 2.75) is 13.8 Å². The van der Waals surface area contributed by atoms with E-state index in [4.69, 9.17) is 9.47 Å². The minimum Gasteiger partial charge on any atom is -0.546 e. The van der Waals surface area contributed by atoms with Gasteiger partial charge in [-0.1, -0.05) is 30.3 Å². The van der Waals surface area contributed by atoms with Crippen molar-refractivity contribution >= 4 is 18.1 Å². The minimum absolute atomic E-state index is 0.143. The zero-order valence-electron chi connectivity index (χ0n) is 14.6.